The van der Waals surface area contributed by atoms with Crippen molar-refractivity contribution in [1.29, 1.82) is 0 Å². The van der Waals surface area contributed by atoms with Gasteiger partial charge >= 0.3 is 0 Å². The Morgan fingerprint density at radius 3 is 2.78 bits per heavy atom. The minimum Gasteiger partial charge on any atom is -0.372 e. The minimum absolute atomic E-state index is 0.0424. The van der Waals surface area contributed by atoms with Crippen molar-refractivity contribution >= 4 is 18.2 Å². The molecule has 2 nitrogen and oxygen atoms in total. The van der Waals surface area contributed by atoms with Crippen molar-refractivity contribution < 1.29 is 4.74 Å². The van der Waals surface area contributed by atoms with Crippen LogP contribution in [-0.2, 0) is 4.74 Å². The topological polar surface area (TPSA) is 35.2 Å². The largest absolute Gasteiger partial charge is 0.372 e. The Hall–Kier alpha value is -1.03. The molecule has 0 bridgehead atoms. The van der Waals surface area contributed by atoms with Crippen molar-refractivity contribution in [2.75, 3.05) is 13.2 Å². The minimum atomic E-state index is 0.0424. The third-order valence-electron chi connectivity index (χ3n) is 3.38. The van der Waals surface area contributed by atoms with Gasteiger partial charge < -0.3 is 10.5 Å². The van der Waals surface area contributed by atoms with Gasteiger partial charge in [0.1, 0.15) is 0 Å². The molecule has 18 heavy (non-hydrogen) atoms. The molecule has 2 rings (SSSR count). The number of thiol groups is 1. The third kappa shape index (κ3) is 2.69. The monoisotopic (exact) mass is 261 g/mol. The van der Waals surface area contributed by atoms with Crippen LogP contribution in [0.5, 0.6) is 0 Å². The molecule has 0 radical (unpaired) electrons. The van der Waals surface area contributed by atoms with E-state index in [1.54, 1.807) is 0 Å². The van der Waals surface area contributed by atoms with Crippen LogP contribution in [0.2, 0.25) is 0 Å². The maximum absolute atomic E-state index is 5.74. The molecule has 2 N–H and O–H groups in total. The molecule has 1 atom stereocenters. The lowest BCUT2D eigenvalue weighted by Crippen LogP contribution is -2.29. The zero-order valence-corrected chi connectivity index (χ0v) is 11.5. The van der Waals surface area contributed by atoms with Crippen molar-refractivity contribution in [1.82, 2.24) is 0 Å². The Morgan fingerprint density at radius 2 is 2.17 bits per heavy atom. The smallest absolute Gasteiger partial charge is 0.0910 e. The lowest BCUT2D eigenvalue weighted by atomic mass is 9.90. The van der Waals surface area contributed by atoms with Gasteiger partial charge in [-0.2, -0.15) is 12.6 Å². The molecule has 0 aromatic heterocycles. The summed E-state index contributed by atoms with van der Waals surface area (Å²) in [5, 5.41) is 1.88. The first-order valence-electron chi connectivity index (χ1n) is 6.19. The summed E-state index contributed by atoms with van der Waals surface area (Å²) >= 11 is 4.37. The van der Waals surface area contributed by atoms with Crippen LogP contribution < -0.4 is 5.73 Å². The van der Waals surface area contributed by atoms with Gasteiger partial charge in [-0.25, -0.2) is 0 Å². The zero-order chi connectivity index (χ0) is 13.0. The van der Waals surface area contributed by atoms with E-state index in [2.05, 4.69) is 31.7 Å². The Labute approximate surface area is 114 Å². The van der Waals surface area contributed by atoms with E-state index in [4.69, 9.17) is 10.5 Å². The fraction of sp³-hybridized carbons (Fsp3) is 0.333. The van der Waals surface area contributed by atoms with Gasteiger partial charge in [0.05, 0.1) is 12.7 Å². The predicted molar refractivity (Wildman–Crippen MR) is 79.5 cm³/mol. The van der Waals surface area contributed by atoms with E-state index < -0.39 is 0 Å². The van der Waals surface area contributed by atoms with Gasteiger partial charge in [-0.15, -0.1) is 0 Å². The van der Waals surface area contributed by atoms with Gasteiger partial charge in [-0.05, 0) is 41.0 Å². The average Bonchev–Trinajstić information content (AvgIpc) is 2.43. The average molecular weight is 261 g/mol. The molecule has 1 aromatic carbocycles. The number of rotatable bonds is 3. The summed E-state index contributed by atoms with van der Waals surface area (Å²) in [7, 11) is 0. The van der Waals surface area contributed by atoms with Gasteiger partial charge in [-0.1, -0.05) is 30.3 Å². The summed E-state index contributed by atoms with van der Waals surface area (Å²) in [4.78, 5) is 0. The van der Waals surface area contributed by atoms with E-state index in [9.17, 15) is 0 Å². The molecule has 0 fully saturated rings. The second-order valence-corrected chi connectivity index (χ2v) is 4.67. The molecule has 3 heteroatoms. The Kier molecular flexibility index (Phi) is 4.64. The number of nitrogens with two attached hydrogens (primary N) is 1. The number of benzene rings is 1. The summed E-state index contributed by atoms with van der Waals surface area (Å²) in [6.45, 7) is 3.36. The first-order chi connectivity index (χ1) is 8.77. The third-order valence-corrected chi connectivity index (χ3v) is 3.64. The fourth-order valence-electron chi connectivity index (χ4n) is 2.36. The highest BCUT2D eigenvalue weighted by atomic mass is 32.1. The number of hydrogen-bond donors (Lipinski definition) is 2. The van der Waals surface area contributed by atoms with Crippen molar-refractivity contribution in [3.8, 4) is 0 Å². The van der Waals surface area contributed by atoms with Crippen molar-refractivity contribution in [3.05, 3.63) is 52.4 Å². The molecule has 0 spiro atoms. The van der Waals surface area contributed by atoms with Crippen LogP contribution in [-0.4, -0.2) is 19.3 Å². The molecule has 96 valence electrons. The summed E-state index contributed by atoms with van der Waals surface area (Å²) < 4.78 is 5.67. The molecular formula is C15H19NOS. The highest BCUT2D eigenvalue weighted by Gasteiger charge is 2.21. The lowest BCUT2D eigenvalue weighted by Gasteiger charge is -2.27. The van der Waals surface area contributed by atoms with Crippen LogP contribution in [0.1, 0.15) is 18.9 Å². The summed E-state index contributed by atoms with van der Waals surface area (Å²) in [5.41, 5.74) is 10.7. The van der Waals surface area contributed by atoms with Gasteiger partial charge in [0.2, 0.25) is 0 Å². The Bertz CT molecular complexity index is 465. The first-order valence-corrected chi connectivity index (χ1v) is 6.71. The van der Waals surface area contributed by atoms with Gasteiger partial charge in [-0.3, -0.25) is 0 Å². The summed E-state index contributed by atoms with van der Waals surface area (Å²) in [5.74, 6) is 0. The number of ether oxygens (including phenoxy) is 1. The number of hydrogen-bond acceptors (Lipinski definition) is 3. The molecule has 1 aromatic rings. The van der Waals surface area contributed by atoms with Gasteiger partial charge in [0, 0.05) is 6.54 Å². The van der Waals surface area contributed by atoms with E-state index in [1.165, 1.54) is 22.3 Å². The van der Waals surface area contributed by atoms with E-state index >= 15 is 0 Å². The van der Waals surface area contributed by atoms with Crippen molar-refractivity contribution in [2.45, 2.75) is 19.4 Å². The quantitative estimate of drug-likeness (QED) is 0.820. The second-order valence-electron chi connectivity index (χ2n) is 4.42. The Balaban J connectivity index is 2.40. The first kappa shape index (κ1) is 13.4. The summed E-state index contributed by atoms with van der Waals surface area (Å²) in [6.07, 6.45) is 0.963. The molecule has 0 saturated carbocycles. The van der Waals surface area contributed by atoms with Crippen LogP contribution in [0.4, 0.5) is 0 Å². The van der Waals surface area contributed by atoms with E-state index in [0.717, 1.165) is 13.0 Å². The van der Waals surface area contributed by atoms with Crippen LogP contribution in [0.25, 0.3) is 5.57 Å². The van der Waals surface area contributed by atoms with Crippen molar-refractivity contribution in [3.63, 3.8) is 0 Å². The normalized spacial score (nSPS) is 21.3. The molecule has 0 saturated heterocycles. The molecule has 1 unspecified atom stereocenters. The lowest BCUT2D eigenvalue weighted by molar-refractivity contribution is 0.0745. The predicted octanol–water partition coefficient (Wildman–Crippen LogP) is 3.02. The highest BCUT2D eigenvalue weighted by molar-refractivity contribution is 7.83. The Morgan fingerprint density at radius 1 is 1.44 bits per heavy atom. The van der Waals surface area contributed by atoms with Gasteiger partial charge in [0.15, 0.2) is 0 Å². The van der Waals surface area contributed by atoms with E-state index in [-0.39, 0.29) is 6.10 Å². The van der Waals surface area contributed by atoms with Gasteiger partial charge in [0.25, 0.3) is 0 Å². The number of allylic oxidation sites excluding steroid dienone is 1. The maximum atomic E-state index is 5.74. The fourth-order valence-corrected chi connectivity index (χ4v) is 2.66. The van der Waals surface area contributed by atoms with E-state index in [1.807, 2.05) is 23.6 Å². The maximum Gasteiger partial charge on any atom is 0.0910 e. The van der Waals surface area contributed by atoms with Crippen LogP contribution in [0, 0.1) is 0 Å². The van der Waals surface area contributed by atoms with E-state index in [0.29, 0.717) is 6.54 Å². The second kappa shape index (κ2) is 6.23. The molecule has 1 aliphatic heterocycles. The summed E-state index contributed by atoms with van der Waals surface area (Å²) in [6, 6.07) is 10.3. The van der Waals surface area contributed by atoms with Crippen LogP contribution in [0.15, 0.2) is 46.9 Å². The standard InChI is InChI=1S/C15H19NOS/c1-11-13(7-8-17-15(11)9-16)14(10-18)12-5-3-2-4-6-12/h2-6,10,15,18H,7-9,16H2,1H3/b14-10-. The zero-order valence-electron chi connectivity index (χ0n) is 10.6. The van der Waals surface area contributed by atoms with Crippen LogP contribution >= 0.6 is 12.6 Å². The molecular weight excluding hydrogens is 242 g/mol. The molecule has 1 heterocycles. The SMILES string of the molecule is CC1=C(/C(=C\S)c2ccccc2)CCOC1CN. The van der Waals surface area contributed by atoms with Crippen LogP contribution in [0.3, 0.4) is 0 Å². The molecule has 1 aliphatic rings. The molecule has 0 amide bonds. The highest BCUT2D eigenvalue weighted by Crippen LogP contribution is 2.33. The van der Waals surface area contributed by atoms with Crippen molar-refractivity contribution in [2.24, 2.45) is 5.73 Å². The molecule has 0 aliphatic carbocycles.